The van der Waals surface area contributed by atoms with Crippen LogP contribution < -0.4 is 5.32 Å². The predicted molar refractivity (Wildman–Crippen MR) is 255 cm³/mol. The van der Waals surface area contributed by atoms with Gasteiger partial charge in [0.05, 0.1) is 25.2 Å². The van der Waals surface area contributed by atoms with Gasteiger partial charge in [-0.05, 0) is 44.9 Å². The van der Waals surface area contributed by atoms with Gasteiger partial charge in [0.15, 0.2) is 0 Å². The molecule has 0 saturated carbocycles. The van der Waals surface area contributed by atoms with Crippen LogP contribution in [-0.2, 0) is 14.3 Å². The van der Waals surface area contributed by atoms with Crippen molar-refractivity contribution in [3.8, 4) is 0 Å². The number of aliphatic hydroxyl groups excluding tert-OH is 2. The minimum atomic E-state index is -0.796. The van der Waals surface area contributed by atoms with E-state index in [1.54, 1.807) is 0 Å². The average Bonchev–Trinajstić information content (AvgIpc) is 3.23. The number of allylic oxidation sites excluding steroid dienone is 8. The average molecular weight is 828 g/mol. The van der Waals surface area contributed by atoms with E-state index < -0.39 is 18.2 Å². The van der Waals surface area contributed by atoms with Gasteiger partial charge in [-0.1, -0.05) is 243 Å². The molecule has 59 heavy (non-hydrogen) atoms. The number of rotatable bonds is 45. The van der Waals surface area contributed by atoms with Gasteiger partial charge >= 0.3 is 5.97 Å². The molecule has 0 aliphatic heterocycles. The number of ether oxygens (including phenoxy) is 1. The summed E-state index contributed by atoms with van der Waals surface area (Å²) >= 11 is 0. The second-order valence-corrected chi connectivity index (χ2v) is 17.3. The highest BCUT2D eigenvalue weighted by molar-refractivity contribution is 5.77. The first-order chi connectivity index (χ1) is 29.0. The van der Waals surface area contributed by atoms with Gasteiger partial charge in [0.1, 0.15) is 6.10 Å². The number of carbonyl (C=O) groups is 2. The lowest BCUT2D eigenvalue weighted by Gasteiger charge is -2.24. The topological polar surface area (TPSA) is 95.9 Å². The van der Waals surface area contributed by atoms with Gasteiger partial charge in [0.25, 0.3) is 0 Å². The number of nitrogens with one attached hydrogen (secondary N) is 1. The molecule has 3 N–H and O–H groups in total. The Bertz CT molecular complexity index is 1020. The molecule has 0 aromatic carbocycles. The SMILES string of the molecule is CC/C=C/C=C/C=C/C=C\CCCCCC(CC(=O)NC(CO)C(O)CCCCCCCCCCCC)OC(=O)CCCCCCCCCCCCCCCCCCC. The Morgan fingerprint density at radius 1 is 0.508 bits per heavy atom. The van der Waals surface area contributed by atoms with E-state index in [2.05, 4.69) is 50.4 Å². The van der Waals surface area contributed by atoms with E-state index in [0.717, 1.165) is 70.6 Å². The Hall–Kier alpha value is -2.18. The van der Waals surface area contributed by atoms with Crippen LogP contribution in [0.15, 0.2) is 48.6 Å². The van der Waals surface area contributed by atoms with Crippen LogP contribution in [0.3, 0.4) is 0 Å². The molecule has 344 valence electrons. The Morgan fingerprint density at radius 3 is 1.39 bits per heavy atom. The van der Waals surface area contributed by atoms with Crippen LogP contribution >= 0.6 is 0 Å². The molecule has 6 heteroatoms. The van der Waals surface area contributed by atoms with Crippen molar-refractivity contribution in [3.63, 3.8) is 0 Å². The molecule has 0 aliphatic rings. The predicted octanol–water partition coefficient (Wildman–Crippen LogP) is 15.1. The van der Waals surface area contributed by atoms with Crippen LogP contribution in [0.5, 0.6) is 0 Å². The number of hydrogen-bond donors (Lipinski definition) is 3. The molecule has 0 fully saturated rings. The summed E-state index contributed by atoms with van der Waals surface area (Å²) in [7, 11) is 0. The fraction of sp³-hybridized carbons (Fsp3) is 0.811. The Morgan fingerprint density at radius 2 is 0.915 bits per heavy atom. The first-order valence-corrected chi connectivity index (χ1v) is 25.4. The summed E-state index contributed by atoms with van der Waals surface area (Å²) < 4.78 is 5.91. The third kappa shape index (κ3) is 42.3. The summed E-state index contributed by atoms with van der Waals surface area (Å²) in [6, 6.07) is -0.712. The fourth-order valence-corrected chi connectivity index (χ4v) is 7.68. The zero-order valence-electron chi connectivity index (χ0n) is 39.1. The molecule has 0 spiro atoms. The molecule has 0 aromatic rings. The largest absolute Gasteiger partial charge is 0.462 e. The molecular formula is C53H97NO5. The van der Waals surface area contributed by atoms with Gasteiger partial charge in [-0.2, -0.15) is 0 Å². The molecule has 0 bridgehead atoms. The molecule has 3 atom stereocenters. The van der Waals surface area contributed by atoms with Crippen molar-refractivity contribution in [2.45, 2.75) is 270 Å². The Kier molecular flexibility index (Phi) is 45.1. The maximum absolute atomic E-state index is 13.2. The van der Waals surface area contributed by atoms with E-state index in [1.165, 1.54) is 135 Å². The molecule has 0 heterocycles. The maximum Gasteiger partial charge on any atom is 0.306 e. The van der Waals surface area contributed by atoms with Crippen LogP contribution in [-0.4, -0.2) is 46.9 Å². The molecule has 0 aromatic heterocycles. The molecular weight excluding hydrogens is 731 g/mol. The fourth-order valence-electron chi connectivity index (χ4n) is 7.68. The zero-order valence-corrected chi connectivity index (χ0v) is 39.1. The number of aliphatic hydroxyl groups is 2. The number of hydrogen-bond acceptors (Lipinski definition) is 5. The van der Waals surface area contributed by atoms with E-state index in [1.807, 2.05) is 24.3 Å². The number of amides is 1. The normalized spacial score (nSPS) is 13.6. The number of carbonyl (C=O) groups excluding carboxylic acids is 2. The second kappa shape index (κ2) is 46.9. The zero-order chi connectivity index (χ0) is 43.1. The van der Waals surface area contributed by atoms with Crippen molar-refractivity contribution < 1.29 is 24.5 Å². The standard InChI is InChI=1S/C53H97NO5/c1-4-7-10-13-16-19-22-24-25-26-27-29-31-34-37-40-43-46-53(58)59-49(44-41-38-35-32-30-28-23-20-17-14-11-8-5-2)47-52(57)54-50(48-55)51(56)45-42-39-36-33-21-18-15-12-9-6-3/h8,11,14,17,20,23,28,30,49-51,55-56H,4-7,9-10,12-13,15-16,18-19,21-22,24-27,29,31-48H2,1-3H3,(H,54,57)/b11-8+,17-14+,23-20+,30-28-. The van der Waals surface area contributed by atoms with Crippen LogP contribution in [0.2, 0.25) is 0 Å². The van der Waals surface area contributed by atoms with Gasteiger partial charge in [-0.25, -0.2) is 0 Å². The molecule has 0 saturated heterocycles. The lowest BCUT2D eigenvalue weighted by Crippen LogP contribution is -2.46. The highest BCUT2D eigenvalue weighted by Crippen LogP contribution is 2.18. The van der Waals surface area contributed by atoms with E-state index >= 15 is 0 Å². The highest BCUT2D eigenvalue weighted by atomic mass is 16.5. The molecule has 3 unspecified atom stereocenters. The molecule has 0 rings (SSSR count). The van der Waals surface area contributed by atoms with Gasteiger partial charge in [0.2, 0.25) is 5.91 Å². The van der Waals surface area contributed by atoms with Crippen LogP contribution in [0.4, 0.5) is 0 Å². The van der Waals surface area contributed by atoms with Crippen LogP contribution in [0, 0.1) is 0 Å². The van der Waals surface area contributed by atoms with Crippen LogP contribution in [0.25, 0.3) is 0 Å². The lowest BCUT2D eigenvalue weighted by molar-refractivity contribution is -0.151. The first-order valence-electron chi connectivity index (χ1n) is 25.4. The summed E-state index contributed by atoms with van der Waals surface area (Å²) in [5.74, 6) is -0.506. The maximum atomic E-state index is 13.2. The molecule has 0 radical (unpaired) electrons. The Balaban J connectivity index is 4.58. The summed E-state index contributed by atoms with van der Waals surface area (Å²) in [4.78, 5) is 26.1. The highest BCUT2D eigenvalue weighted by Gasteiger charge is 2.24. The quantitative estimate of drug-likeness (QED) is 0.0323. The van der Waals surface area contributed by atoms with Gasteiger partial charge in [-0.3, -0.25) is 9.59 Å². The van der Waals surface area contributed by atoms with Crippen molar-refractivity contribution in [3.05, 3.63) is 48.6 Å². The summed E-state index contributed by atoms with van der Waals surface area (Å²) in [6.45, 7) is 6.33. The van der Waals surface area contributed by atoms with Crippen LogP contribution in [0.1, 0.15) is 252 Å². The molecule has 0 aliphatic carbocycles. The van der Waals surface area contributed by atoms with Gasteiger partial charge in [0, 0.05) is 6.42 Å². The Labute approximate surface area is 366 Å². The molecule has 1 amide bonds. The minimum absolute atomic E-state index is 0.0535. The third-order valence-corrected chi connectivity index (χ3v) is 11.5. The second-order valence-electron chi connectivity index (χ2n) is 17.3. The first kappa shape index (κ1) is 56.8. The minimum Gasteiger partial charge on any atom is -0.462 e. The van der Waals surface area contributed by atoms with Gasteiger partial charge in [-0.15, -0.1) is 0 Å². The van der Waals surface area contributed by atoms with E-state index in [0.29, 0.717) is 19.3 Å². The van der Waals surface area contributed by atoms with Crippen molar-refractivity contribution in [2.24, 2.45) is 0 Å². The van der Waals surface area contributed by atoms with Gasteiger partial charge < -0.3 is 20.3 Å². The van der Waals surface area contributed by atoms with Crippen molar-refractivity contribution in [2.75, 3.05) is 6.61 Å². The summed E-state index contributed by atoms with van der Waals surface area (Å²) in [5, 5.41) is 23.7. The van der Waals surface area contributed by atoms with E-state index in [9.17, 15) is 19.8 Å². The monoisotopic (exact) mass is 828 g/mol. The smallest absolute Gasteiger partial charge is 0.306 e. The third-order valence-electron chi connectivity index (χ3n) is 11.5. The summed E-state index contributed by atoms with van der Waals surface area (Å²) in [6.07, 6.45) is 56.0. The lowest BCUT2D eigenvalue weighted by atomic mass is 10.0. The van der Waals surface area contributed by atoms with Crippen molar-refractivity contribution >= 4 is 11.9 Å². The van der Waals surface area contributed by atoms with Crippen molar-refractivity contribution in [1.82, 2.24) is 5.32 Å². The summed E-state index contributed by atoms with van der Waals surface area (Å²) in [5.41, 5.74) is 0. The van der Waals surface area contributed by atoms with Crippen molar-refractivity contribution in [1.29, 1.82) is 0 Å². The van der Waals surface area contributed by atoms with E-state index in [-0.39, 0.29) is 24.9 Å². The van der Waals surface area contributed by atoms with E-state index in [4.69, 9.17) is 4.74 Å². The number of unbranched alkanes of at least 4 members (excludes halogenated alkanes) is 28. The molecule has 6 nitrogen and oxygen atoms in total. The number of esters is 1.